The van der Waals surface area contributed by atoms with Gasteiger partial charge in [-0.25, -0.2) is 0 Å². The van der Waals surface area contributed by atoms with Crippen molar-refractivity contribution in [1.29, 1.82) is 0 Å². The number of aliphatic hydroxyl groups is 1. The molecule has 0 aromatic heterocycles. The van der Waals surface area contributed by atoms with Crippen molar-refractivity contribution in [3.05, 3.63) is 0 Å². The van der Waals surface area contributed by atoms with Gasteiger partial charge in [-0.15, -0.1) is 0 Å². The van der Waals surface area contributed by atoms with Crippen molar-refractivity contribution in [3.63, 3.8) is 0 Å². The summed E-state index contributed by atoms with van der Waals surface area (Å²) in [6.07, 6.45) is 0.701. The normalized spacial score (nSPS) is 36.2. The number of rotatable bonds is 0. The van der Waals surface area contributed by atoms with Crippen LogP contribution in [0.4, 0.5) is 0 Å². The van der Waals surface area contributed by atoms with Gasteiger partial charge < -0.3 is 5.11 Å². The molecule has 0 aliphatic heterocycles. The van der Waals surface area contributed by atoms with Crippen molar-refractivity contribution in [2.75, 3.05) is 0 Å². The summed E-state index contributed by atoms with van der Waals surface area (Å²) in [5, 5.41) is 10.3. The fourth-order valence-corrected chi connectivity index (χ4v) is 3.06. The minimum Gasteiger partial charge on any atom is -0.393 e. The fraction of sp³-hybridized carbons (Fsp3) is 1.00. The molecule has 1 aliphatic rings. The predicted molar refractivity (Wildman–Crippen MR) is 65.7 cm³/mol. The van der Waals surface area contributed by atoms with E-state index in [2.05, 4.69) is 55.4 Å². The van der Waals surface area contributed by atoms with Crippen LogP contribution in [0.5, 0.6) is 0 Å². The highest BCUT2D eigenvalue weighted by atomic mass is 16.3. The Morgan fingerprint density at radius 1 is 0.800 bits per heavy atom. The van der Waals surface area contributed by atoms with Crippen molar-refractivity contribution in [3.8, 4) is 0 Å². The molecule has 1 atom stereocenters. The molecule has 1 fully saturated rings. The molecule has 1 aliphatic carbocycles. The summed E-state index contributed by atoms with van der Waals surface area (Å²) in [7, 11) is 0. The Morgan fingerprint density at radius 3 is 1.60 bits per heavy atom. The molecule has 90 valence electrons. The zero-order chi connectivity index (χ0) is 12.3. The van der Waals surface area contributed by atoms with Crippen LogP contribution in [0.2, 0.25) is 0 Å². The summed E-state index contributed by atoms with van der Waals surface area (Å²) >= 11 is 0. The highest BCUT2D eigenvalue weighted by Crippen LogP contribution is 2.65. The quantitative estimate of drug-likeness (QED) is 0.646. The number of hydrogen-bond acceptors (Lipinski definition) is 1. The smallest absolute Gasteiger partial charge is 0.0601 e. The van der Waals surface area contributed by atoms with Crippen LogP contribution in [-0.2, 0) is 0 Å². The van der Waals surface area contributed by atoms with Crippen LogP contribution in [0, 0.1) is 21.7 Å². The molecule has 15 heavy (non-hydrogen) atoms. The molecule has 1 N–H and O–H groups in total. The molecule has 1 nitrogen and oxygen atoms in total. The zero-order valence-electron chi connectivity index (χ0n) is 11.7. The maximum Gasteiger partial charge on any atom is 0.0601 e. The van der Waals surface area contributed by atoms with Gasteiger partial charge in [0.1, 0.15) is 0 Å². The molecule has 1 heteroatoms. The Labute approximate surface area is 95.3 Å². The van der Waals surface area contributed by atoms with Gasteiger partial charge in [-0.3, -0.25) is 0 Å². The molecule has 0 aromatic rings. The second kappa shape index (κ2) is 3.00. The average molecular weight is 212 g/mol. The monoisotopic (exact) mass is 212 g/mol. The molecule has 1 unspecified atom stereocenters. The van der Waals surface area contributed by atoms with Gasteiger partial charge in [-0.2, -0.15) is 0 Å². The first-order valence-corrected chi connectivity index (χ1v) is 6.06. The molecule has 0 amide bonds. The number of hydrogen-bond donors (Lipinski definition) is 1. The third kappa shape index (κ3) is 1.39. The summed E-state index contributed by atoms with van der Waals surface area (Å²) in [5.41, 5.74) is 0.515. The third-order valence-corrected chi connectivity index (χ3v) is 6.40. The lowest BCUT2D eigenvalue weighted by atomic mass is 9.40. The minimum atomic E-state index is -0.199. The molecule has 0 spiro atoms. The Morgan fingerprint density at radius 2 is 1.20 bits per heavy atom. The van der Waals surface area contributed by atoms with Crippen molar-refractivity contribution in [1.82, 2.24) is 0 Å². The van der Waals surface area contributed by atoms with E-state index in [4.69, 9.17) is 0 Å². The van der Waals surface area contributed by atoms with Gasteiger partial charge in [0.05, 0.1) is 6.10 Å². The van der Waals surface area contributed by atoms with Gasteiger partial charge in [0, 0.05) is 0 Å². The van der Waals surface area contributed by atoms with Crippen molar-refractivity contribution in [2.45, 2.75) is 67.9 Å². The predicted octanol–water partition coefficient (Wildman–Crippen LogP) is 3.86. The SMILES string of the molecule is CC1(C)CC(O)C(C)(C)C(C)(C)C1(C)C. The van der Waals surface area contributed by atoms with Crippen LogP contribution in [-0.4, -0.2) is 11.2 Å². The third-order valence-electron chi connectivity index (χ3n) is 6.40. The highest BCUT2D eigenvalue weighted by Gasteiger charge is 2.61. The first-order valence-electron chi connectivity index (χ1n) is 6.06. The van der Waals surface area contributed by atoms with Gasteiger partial charge >= 0.3 is 0 Å². The molecule has 0 bridgehead atoms. The van der Waals surface area contributed by atoms with E-state index in [1.54, 1.807) is 0 Å². The topological polar surface area (TPSA) is 20.2 Å². The van der Waals surface area contributed by atoms with E-state index < -0.39 is 0 Å². The summed E-state index contributed by atoms with van der Waals surface area (Å²) in [4.78, 5) is 0. The maximum absolute atomic E-state index is 10.3. The van der Waals surface area contributed by atoms with Crippen LogP contribution in [0.3, 0.4) is 0 Å². The molecule has 0 radical (unpaired) electrons. The zero-order valence-corrected chi connectivity index (χ0v) is 11.7. The number of aliphatic hydroxyl groups excluding tert-OH is 1. The maximum atomic E-state index is 10.3. The largest absolute Gasteiger partial charge is 0.393 e. The van der Waals surface area contributed by atoms with E-state index in [-0.39, 0.29) is 27.8 Å². The van der Waals surface area contributed by atoms with Crippen molar-refractivity contribution >= 4 is 0 Å². The second-order valence-electron chi connectivity index (χ2n) is 7.58. The van der Waals surface area contributed by atoms with E-state index in [1.165, 1.54) is 0 Å². The van der Waals surface area contributed by atoms with E-state index in [1.807, 2.05) is 0 Å². The van der Waals surface area contributed by atoms with Crippen LogP contribution in [0.1, 0.15) is 61.8 Å². The molecule has 1 saturated carbocycles. The Kier molecular flexibility index (Phi) is 2.60. The molecule has 0 heterocycles. The molecule has 1 rings (SSSR count). The first-order chi connectivity index (χ1) is 6.38. The van der Waals surface area contributed by atoms with Gasteiger partial charge in [-0.1, -0.05) is 55.4 Å². The molecule has 0 aromatic carbocycles. The van der Waals surface area contributed by atoms with Crippen LogP contribution in [0.15, 0.2) is 0 Å². The Bertz CT molecular complexity index is 259. The molecular formula is C14H28O. The minimum absolute atomic E-state index is 0.0218. The Balaban J connectivity index is 3.30. The summed E-state index contributed by atoms with van der Waals surface area (Å²) in [6.45, 7) is 18.3. The van der Waals surface area contributed by atoms with E-state index in [0.717, 1.165) is 6.42 Å². The molecule has 0 saturated heterocycles. The van der Waals surface area contributed by atoms with Gasteiger partial charge in [0.2, 0.25) is 0 Å². The van der Waals surface area contributed by atoms with E-state index in [0.29, 0.717) is 0 Å². The lowest BCUT2D eigenvalue weighted by Gasteiger charge is -2.65. The summed E-state index contributed by atoms with van der Waals surface area (Å²) < 4.78 is 0. The lowest BCUT2D eigenvalue weighted by Crippen LogP contribution is -2.61. The van der Waals surface area contributed by atoms with E-state index in [9.17, 15) is 5.11 Å². The lowest BCUT2D eigenvalue weighted by molar-refractivity contribution is -0.201. The summed E-state index contributed by atoms with van der Waals surface area (Å²) in [5.74, 6) is 0. The average Bonchev–Trinajstić information content (AvgIpc) is 2.00. The first kappa shape index (κ1) is 13.0. The fourth-order valence-electron chi connectivity index (χ4n) is 3.06. The van der Waals surface area contributed by atoms with Crippen molar-refractivity contribution < 1.29 is 5.11 Å². The van der Waals surface area contributed by atoms with Crippen LogP contribution >= 0.6 is 0 Å². The Hall–Kier alpha value is -0.0400. The van der Waals surface area contributed by atoms with Crippen LogP contribution in [0.25, 0.3) is 0 Å². The summed E-state index contributed by atoms with van der Waals surface area (Å²) in [6, 6.07) is 0. The van der Waals surface area contributed by atoms with Gasteiger partial charge in [-0.05, 0) is 28.1 Å². The van der Waals surface area contributed by atoms with Crippen molar-refractivity contribution in [2.24, 2.45) is 21.7 Å². The standard InChI is InChI=1S/C14H28O/c1-11(2)9-10(15)12(3,4)14(7,8)13(11,5)6/h10,15H,9H2,1-8H3. The van der Waals surface area contributed by atoms with E-state index >= 15 is 0 Å². The highest BCUT2D eigenvalue weighted by molar-refractivity contribution is 5.10. The van der Waals surface area contributed by atoms with Crippen LogP contribution < -0.4 is 0 Å². The second-order valence-corrected chi connectivity index (χ2v) is 7.58. The van der Waals surface area contributed by atoms with Gasteiger partial charge in [0.15, 0.2) is 0 Å². The van der Waals surface area contributed by atoms with Gasteiger partial charge in [0.25, 0.3) is 0 Å². The molecular weight excluding hydrogens is 184 g/mol.